The molecule has 0 radical (unpaired) electrons. The van der Waals surface area contributed by atoms with Gasteiger partial charge in [-0.3, -0.25) is 9.69 Å². The molecule has 1 aromatic rings. The van der Waals surface area contributed by atoms with Crippen molar-refractivity contribution in [3.8, 4) is 0 Å². The van der Waals surface area contributed by atoms with E-state index in [2.05, 4.69) is 9.88 Å². The van der Waals surface area contributed by atoms with Crippen LogP contribution < -0.4 is 4.90 Å². The maximum atomic E-state index is 12.8. The van der Waals surface area contributed by atoms with Crippen molar-refractivity contribution in [2.24, 2.45) is 5.92 Å². The van der Waals surface area contributed by atoms with Gasteiger partial charge in [0.05, 0.1) is 5.56 Å². The van der Waals surface area contributed by atoms with Crippen molar-refractivity contribution in [3.63, 3.8) is 0 Å². The number of likely N-dealkylation sites (tertiary alicyclic amines) is 1. The zero-order valence-corrected chi connectivity index (χ0v) is 19.6. The molecule has 1 unspecified atom stereocenters. The maximum Gasteiger partial charge on any atom is 0.416 e. The molecule has 3 heterocycles. The van der Waals surface area contributed by atoms with Crippen LogP contribution in [0.4, 0.5) is 19.0 Å². The number of piperazine rings is 1. The Morgan fingerprint density at radius 2 is 1.66 bits per heavy atom. The fourth-order valence-corrected chi connectivity index (χ4v) is 3.87. The second kappa shape index (κ2) is 13.1. The highest BCUT2D eigenvalue weighted by atomic mass is 19.4. The van der Waals surface area contributed by atoms with Gasteiger partial charge in [0.15, 0.2) is 0 Å². The zero-order valence-electron chi connectivity index (χ0n) is 19.6. The summed E-state index contributed by atoms with van der Waals surface area (Å²) >= 11 is 0. The third-order valence-corrected chi connectivity index (χ3v) is 5.86. The van der Waals surface area contributed by atoms with Crippen molar-refractivity contribution in [2.75, 3.05) is 50.7 Å². The van der Waals surface area contributed by atoms with Crippen LogP contribution >= 0.6 is 0 Å². The van der Waals surface area contributed by atoms with Gasteiger partial charge in [-0.2, -0.15) is 13.2 Å². The molecule has 2 aliphatic heterocycles. The molecule has 1 atom stereocenters. The minimum Gasteiger partial charge on any atom is -0.478 e. The van der Waals surface area contributed by atoms with Crippen molar-refractivity contribution in [3.05, 3.63) is 36.0 Å². The topological polar surface area (TPSA) is 114 Å². The number of pyridine rings is 1. The third kappa shape index (κ3) is 9.55. The summed E-state index contributed by atoms with van der Waals surface area (Å²) in [6, 6.07) is 2.13. The van der Waals surface area contributed by atoms with E-state index in [9.17, 15) is 27.6 Å². The second-order valence-corrected chi connectivity index (χ2v) is 8.46. The smallest absolute Gasteiger partial charge is 0.416 e. The van der Waals surface area contributed by atoms with E-state index in [1.54, 1.807) is 0 Å². The van der Waals surface area contributed by atoms with E-state index in [1.165, 1.54) is 6.20 Å². The second-order valence-electron chi connectivity index (χ2n) is 8.46. The predicted octanol–water partition coefficient (Wildman–Crippen LogP) is 2.58. The van der Waals surface area contributed by atoms with Gasteiger partial charge in [0.2, 0.25) is 5.91 Å². The number of amides is 1. The van der Waals surface area contributed by atoms with Gasteiger partial charge in [-0.15, -0.1) is 0 Å². The lowest BCUT2D eigenvalue weighted by atomic mass is 10.1. The molecule has 0 bridgehead atoms. The number of unbranched alkanes of at least 4 members (excludes halogenated alkanes) is 1. The molecule has 3 rings (SSSR count). The lowest BCUT2D eigenvalue weighted by Crippen LogP contribution is -2.47. The van der Waals surface area contributed by atoms with Crippen LogP contribution in [-0.2, 0) is 20.6 Å². The van der Waals surface area contributed by atoms with E-state index >= 15 is 0 Å². The van der Waals surface area contributed by atoms with Crippen molar-refractivity contribution in [1.29, 1.82) is 0 Å². The molecule has 0 aliphatic carbocycles. The maximum absolute atomic E-state index is 12.8. The molecule has 2 saturated heterocycles. The summed E-state index contributed by atoms with van der Waals surface area (Å²) in [6.45, 7) is 7.64. The number of rotatable bonds is 8. The number of carbonyl (C=O) groups is 3. The molecule has 9 nitrogen and oxygen atoms in total. The molecule has 2 aliphatic rings. The van der Waals surface area contributed by atoms with Crippen LogP contribution in [0.15, 0.2) is 30.5 Å². The molecule has 0 saturated carbocycles. The normalized spacial score (nSPS) is 19.1. The van der Waals surface area contributed by atoms with Crippen LogP contribution in [0.5, 0.6) is 0 Å². The molecular formula is C23H31F3N4O5. The summed E-state index contributed by atoms with van der Waals surface area (Å²) in [5.41, 5.74) is -0.652. The standard InChI is InChI=1S/C19H27F3N4O.C4H4O4/c1-15-5-9-26(18(15)27)8-3-2-7-24-10-12-25(13-11-24)17-14-16(4-6-23-17)19(20,21)22;5-3(6)1-2-4(7)8/h4,6,14-15H,2-3,5,7-13H2,1H3;1-2H,(H,5,6)(H,7,8). The Hall–Kier alpha value is -3.15. The molecule has 1 aromatic heterocycles. The number of hydrogen-bond acceptors (Lipinski definition) is 6. The summed E-state index contributed by atoms with van der Waals surface area (Å²) in [5.74, 6) is -1.68. The van der Waals surface area contributed by atoms with Crippen LogP contribution in [-0.4, -0.2) is 88.7 Å². The molecule has 194 valence electrons. The summed E-state index contributed by atoms with van der Waals surface area (Å²) in [6.07, 6.45) is 0.988. The summed E-state index contributed by atoms with van der Waals surface area (Å²) < 4.78 is 38.5. The first-order chi connectivity index (χ1) is 16.5. The van der Waals surface area contributed by atoms with Crippen molar-refractivity contribution in [2.45, 2.75) is 32.4 Å². The molecule has 0 spiro atoms. The lowest BCUT2D eigenvalue weighted by molar-refractivity contribution is -0.137. The lowest BCUT2D eigenvalue weighted by Gasteiger charge is -2.35. The minimum absolute atomic E-state index is 0.169. The number of alkyl halides is 3. The van der Waals surface area contributed by atoms with Crippen molar-refractivity contribution in [1.82, 2.24) is 14.8 Å². The number of anilines is 1. The number of carboxylic acid groups (broad SMARTS) is 2. The number of hydrogen-bond donors (Lipinski definition) is 2. The third-order valence-electron chi connectivity index (χ3n) is 5.86. The summed E-state index contributed by atoms with van der Waals surface area (Å²) in [7, 11) is 0. The van der Waals surface area contributed by atoms with Crippen LogP contribution in [0.2, 0.25) is 0 Å². The number of aromatic nitrogens is 1. The first-order valence-corrected chi connectivity index (χ1v) is 11.4. The van der Waals surface area contributed by atoms with Gasteiger partial charge in [-0.1, -0.05) is 6.92 Å². The average Bonchev–Trinajstić information content (AvgIpc) is 3.13. The summed E-state index contributed by atoms with van der Waals surface area (Å²) in [5, 5.41) is 15.6. The van der Waals surface area contributed by atoms with Crippen molar-refractivity contribution >= 4 is 23.7 Å². The molecule has 0 aromatic carbocycles. The van der Waals surface area contributed by atoms with Gasteiger partial charge < -0.3 is 20.0 Å². The van der Waals surface area contributed by atoms with Gasteiger partial charge in [0, 0.05) is 63.5 Å². The highest BCUT2D eigenvalue weighted by molar-refractivity contribution is 5.89. The predicted molar refractivity (Wildman–Crippen MR) is 122 cm³/mol. The van der Waals surface area contributed by atoms with E-state index in [0.717, 1.165) is 64.1 Å². The van der Waals surface area contributed by atoms with Gasteiger partial charge in [0.1, 0.15) is 5.82 Å². The van der Waals surface area contributed by atoms with E-state index in [1.807, 2.05) is 16.7 Å². The van der Waals surface area contributed by atoms with Crippen LogP contribution in [0.25, 0.3) is 0 Å². The van der Waals surface area contributed by atoms with E-state index in [0.29, 0.717) is 31.1 Å². The fraction of sp³-hybridized carbons (Fsp3) is 0.565. The Bertz CT molecular complexity index is 885. The highest BCUT2D eigenvalue weighted by Crippen LogP contribution is 2.30. The minimum atomic E-state index is -4.34. The number of carbonyl (C=O) groups excluding carboxylic acids is 1. The Kier molecular flexibility index (Phi) is 10.5. The summed E-state index contributed by atoms with van der Waals surface area (Å²) in [4.78, 5) is 41.3. The molecule has 12 heteroatoms. The van der Waals surface area contributed by atoms with Gasteiger partial charge >= 0.3 is 18.1 Å². The Labute approximate surface area is 201 Å². The van der Waals surface area contributed by atoms with Crippen LogP contribution in [0, 0.1) is 5.92 Å². The van der Waals surface area contributed by atoms with E-state index in [4.69, 9.17) is 10.2 Å². The molecular weight excluding hydrogens is 469 g/mol. The Morgan fingerprint density at radius 3 is 2.17 bits per heavy atom. The number of halogens is 3. The Morgan fingerprint density at radius 1 is 1.06 bits per heavy atom. The van der Waals surface area contributed by atoms with Gasteiger partial charge in [0.25, 0.3) is 0 Å². The van der Waals surface area contributed by atoms with Crippen LogP contribution in [0.1, 0.15) is 31.7 Å². The van der Waals surface area contributed by atoms with Crippen molar-refractivity contribution < 1.29 is 37.8 Å². The zero-order chi connectivity index (χ0) is 26.0. The van der Waals surface area contributed by atoms with Gasteiger partial charge in [-0.25, -0.2) is 14.6 Å². The van der Waals surface area contributed by atoms with E-state index in [-0.39, 0.29) is 11.8 Å². The SMILES string of the molecule is CC1CCN(CCCCN2CCN(c3cc(C(F)(F)F)ccn3)CC2)C1=O.O=C(O)C=CC(=O)O. The van der Waals surface area contributed by atoms with E-state index < -0.39 is 23.7 Å². The molecule has 2 fully saturated rings. The fourth-order valence-electron chi connectivity index (χ4n) is 3.87. The quantitative estimate of drug-likeness (QED) is 0.414. The van der Waals surface area contributed by atoms with Crippen LogP contribution in [0.3, 0.4) is 0 Å². The first-order valence-electron chi connectivity index (χ1n) is 11.4. The average molecular weight is 501 g/mol. The number of carboxylic acids is 2. The Balaban J connectivity index is 0.000000466. The highest BCUT2D eigenvalue weighted by Gasteiger charge is 2.31. The monoisotopic (exact) mass is 500 g/mol. The molecule has 1 amide bonds. The van der Waals surface area contributed by atoms with Gasteiger partial charge in [-0.05, 0) is 37.9 Å². The largest absolute Gasteiger partial charge is 0.478 e. The number of nitrogens with zero attached hydrogens (tertiary/aromatic N) is 4. The first kappa shape index (κ1) is 28.1. The number of aliphatic carboxylic acids is 2. The molecule has 35 heavy (non-hydrogen) atoms. The molecule has 2 N–H and O–H groups in total.